The first-order chi connectivity index (χ1) is 11.0. The smallest absolute Gasteiger partial charge is 0.329 e. The molecule has 1 saturated heterocycles. The van der Waals surface area contributed by atoms with Crippen LogP contribution in [0.1, 0.15) is 47.0 Å². The molecule has 23 heavy (non-hydrogen) atoms. The number of rotatable bonds is 9. The Morgan fingerprint density at radius 1 is 1.04 bits per heavy atom. The molecule has 0 N–H and O–H groups in total. The third-order valence-electron chi connectivity index (χ3n) is 4.79. The van der Waals surface area contributed by atoms with Crippen molar-refractivity contribution < 1.29 is 23.5 Å². The number of ether oxygens (including phenoxy) is 2. The summed E-state index contributed by atoms with van der Waals surface area (Å²) in [5.41, 5.74) is -1.16. The summed E-state index contributed by atoms with van der Waals surface area (Å²) in [6.07, 6.45) is 2.53. The van der Waals surface area contributed by atoms with Crippen LogP contribution in [0.2, 0.25) is 0 Å². The third kappa shape index (κ3) is 4.08. The van der Waals surface area contributed by atoms with Gasteiger partial charge in [-0.3, -0.25) is 9.59 Å². The van der Waals surface area contributed by atoms with Crippen LogP contribution in [0.4, 0.5) is 0 Å². The van der Waals surface area contributed by atoms with Crippen LogP contribution >= 0.6 is 15.9 Å². The second-order valence-electron chi connectivity index (χ2n) is 6.36. The zero-order valence-electron chi connectivity index (χ0n) is 14.9. The Bertz CT molecular complexity index is 389. The van der Waals surface area contributed by atoms with Crippen LogP contribution in [0.3, 0.4) is 0 Å². The maximum Gasteiger partial charge on any atom is 0.329 e. The lowest BCUT2D eigenvalue weighted by atomic mass is 9.85. The van der Waals surface area contributed by atoms with Gasteiger partial charge in [-0.05, 0) is 26.7 Å². The van der Waals surface area contributed by atoms with Gasteiger partial charge in [0.25, 0.3) is 0 Å². The van der Waals surface area contributed by atoms with Crippen molar-refractivity contribution in [3.63, 3.8) is 0 Å². The molecule has 0 bridgehead atoms. The van der Waals surface area contributed by atoms with Gasteiger partial charge in [-0.1, -0.05) is 29.8 Å². The lowest BCUT2D eigenvalue weighted by Crippen LogP contribution is -2.55. The SMILES string of the molecule is CCC[N+]1(CCC)CC(C(=O)OCC)(C(=O)OCC)CC1CBr. The minimum absolute atomic E-state index is 0.226. The number of likely N-dealkylation sites (tertiary alicyclic amines) is 1. The number of carbonyl (C=O) groups excluding carboxylic acids is 2. The van der Waals surface area contributed by atoms with Crippen LogP contribution in [0.5, 0.6) is 0 Å². The highest BCUT2D eigenvalue weighted by Crippen LogP contribution is 2.43. The maximum absolute atomic E-state index is 12.7. The molecular weight excluding hydrogens is 362 g/mol. The number of esters is 2. The molecule has 0 aliphatic carbocycles. The fraction of sp³-hybridized carbons (Fsp3) is 0.882. The molecule has 0 spiro atoms. The van der Waals surface area contributed by atoms with Crippen molar-refractivity contribution in [3.8, 4) is 0 Å². The van der Waals surface area contributed by atoms with E-state index in [0.29, 0.717) is 13.0 Å². The number of carbonyl (C=O) groups is 2. The van der Waals surface area contributed by atoms with E-state index in [1.54, 1.807) is 13.8 Å². The Morgan fingerprint density at radius 2 is 1.52 bits per heavy atom. The molecule has 0 saturated carbocycles. The molecular formula is C17H31BrNO4+. The Kier molecular flexibility index (Phi) is 8.01. The second kappa shape index (κ2) is 9.02. The van der Waals surface area contributed by atoms with Gasteiger partial charge in [0.05, 0.1) is 31.6 Å². The molecule has 0 aromatic heterocycles. The third-order valence-corrected chi connectivity index (χ3v) is 5.54. The van der Waals surface area contributed by atoms with Crippen LogP contribution in [-0.4, -0.2) is 60.6 Å². The van der Waals surface area contributed by atoms with E-state index in [2.05, 4.69) is 29.8 Å². The highest BCUT2D eigenvalue weighted by Gasteiger charge is 2.64. The van der Waals surface area contributed by atoms with Crippen LogP contribution in [-0.2, 0) is 19.1 Å². The van der Waals surface area contributed by atoms with E-state index in [9.17, 15) is 9.59 Å². The Balaban J connectivity index is 3.26. The number of quaternary nitrogens is 1. The van der Waals surface area contributed by atoms with Crippen molar-refractivity contribution in [2.45, 2.75) is 53.0 Å². The Labute approximate surface area is 148 Å². The van der Waals surface area contributed by atoms with Crippen molar-refractivity contribution in [3.05, 3.63) is 0 Å². The maximum atomic E-state index is 12.7. The van der Waals surface area contributed by atoms with Gasteiger partial charge in [-0.15, -0.1) is 0 Å². The van der Waals surface area contributed by atoms with E-state index in [4.69, 9.17) is 9.47 Å². The van der Waals surface area contributed by atoms with Gasteiger partial charge >= 0.3 is 11.9 Å². The summed E-state index contributed by atoms with van der Waals surface area (Å²) < 4.78 is 11.3. The summed E-state index contributed by atoms with van der Waals surface area (Å²) in [6.45, 7) is 10.8. The van der Waals surface area contributed by atoms with E-state index in [1.165, 1.54) is 0 Å². The minimum Gasteiger partial charge on any atom is -0.465 e. The van der Waals surface area contributed by atoms with Gasteiger partial charge < -0.3 is 14.0 Å². The molecule has 1 aliphatic heterocycles. The van der Waals surface area contributed by atoms with Gasteiger partial charge in [0.2, 0.25) is 5.41 Å². The number of halogens is 1. The van der Waals surface area contributed by atoms with E-state index in [0.717, 1.165) is 35.7 Å². The molecule has 0 aromatic rings. The first kappa shape index (κ1) is 20.4. The number of alkyl halides is 1. The average Bonchev–Trinajstić information content (AvgIpc) is 2.84. The van der Waals surface area contributed by atoms with Crippen LogP contribution < -0.4 is 0 Å². The normalized spacial score (nSPS) is 21.9. The highest BCUT2D eigenvalue weighted by molar-refractivity contribution is 9.09. The number of nitrogens with zero attached hydrogens (tertiary/aromatic N) is 1. The Hall–Kier alpha value is -0.620. The van der Waals surface area contributed by atoms with Crippen molar-refractivity contribution in [2.24, 2.45) is 5.41 Å². The summed E-state index contributed by atoms with van der Waals surface area (Å²) in [6, 6.07) is 0.226. The van der Waals surface area contributed by atoms with Gasteiger partial charge in [-0.25, -0.2) is 0 Å². The molecule has 1 atom stereocenters. The fourth-order valence-corrected chi connectivity index (χ4v) is 4.81. The van der Waals surface area contributed by atoms with E-state index >= 15 is 0 Å². The van der Waals surface area contributed by atoms with Crippen LogP contribution in [0, 0.1) is 5.41 Å². The molecule has 1 unspecified atom stereocenters. The van der Waals surface area contributed by atoms with Crippen molar-refractivity contribution in [1.29, 1.82) is 0 Å². The predicted molar refractivity (Wildman–Crippen MR) is 93.3 cm³/mol. The first-order valence-electron chi connectivity index (χ1n) is 8.72. The first-order valence-corrected chi connectivity index (χ1v) is 9.84. The van der Waals surface area contributed by atoms with Crippen molar-refractivity contribution in [1.82, 2.24) is 0 Å². The van der Waals surface area contributed by atoms with Gasteiger partial charge in [0, 0.05) is 6.42 Å². The van der Waals surface area contributed by atoms with Crippen LogP contribution in [0.25, 0.3) is 0 Å². The summed E-state index contributed by atoms with van der Waals surface area (Å²) in [5, 5.41) is 0.771. The number of hydrogen-bond acceptors (Lipinski definition) is 4. The second-order valence-corrected chi connectivity index (χ2v) is 7.01. The number of hydrogen-bond donors (Lipinski definition) is 0. The quantitative estimate of drug-likeness (QED) is 0.262. The molecule has 1 fully saturated rings. The molecule has 1 rings (SSSR count). The molecule has 1 heterocycles. The molecule has 6 heteroatoms. The Morgan fingerprint density at radius 3 is 1.87 bits per heavy atom. The average molecular weight is 393 g/mol. The van der Waals surface area contributed by atoms with Crippen LogP contribution in [0.15, 0.2) is 0 Å². The summed E-state index contributed by atoms with van der Waals surface area (Å²) in [5.74, 6) is -0.840. The lowest BCUT2D eigenvalue weighted by Gasteiger charge is -2.40. The summed E-state index contributed by atoms with van der Waals surface area (Å²) in [4.78, 5) is 25.4. The zero-order valence-corrected chi connectivity index (χ0v) is 16.5. The predicted octanol–water partition coefficient (Wildman–Crippen LogP) is 2.90. The largest absolute Gasteiger partial charge is 0.465 e. The molecule has 0 radical (unpaired) electrons. The molecule has 0 amide bonds. The summed E-state index contributed by atoms with van der Waals surface area (Å²) in [7, 11) is 0. The van der Waals surface area contributed by atoms with Gasteiger partial charge in [0.15, 0.2) is 0 Å². The summed E-state index contributed by atoms with van der Waals surface area (Å²) >= 11 is 3.60. The van der Waals surface area contributed by atoms with E-state index in [-0.39, 0.29) is 19.3 Å². The molecule has 134 valence electrons. The lowest BCUT2D eigenvalue weighted by molar-refractivity contribution is -0.938. The van der Waals surface area contributed by atoms with E-state index < -0.39 is 17.4 Å². The topological polar surface area (TPSA) is 52.6 Å². The minimum atomic E-state index is -1.16. The highest BCUT2D eigenvalue weighted by atomic mass is 79.9. The van der Waals surface area contributed by atoms with E-state index in [1.807, 2.05) is 0 Å². The zero-order chi connectivity index (χ0) is 17.5. The van der Waals surface area contributed by atoms with Gasteiger partial charge in [-0.2, -0.15) is 0 Å². The van der Waals surface area contributed by atoms with Crippen molar-refractivity contribution in [2.75, 3.05) is 38.2 Å². The molecule has 1 aliphatic rings. The molecule has 5 nitrogen and oxygen atoms in total. The van der Waals surface area contributed by atoms with Crippen molar-refractivity contribution >= 4 is 27.9 Å². The standard InChI is InChI=1S/C17H31BrNO4/c1-5-9-19(10-6-2)13-17(11-14(19)12-18,15(20)22-7-3)16(21)23-8-4/h14H,5-13H2,1-4H3/q+1. The van der Waals surface area contributed by atoms with Gasteiger partial charge in [0.1, 0.15) is 12.6 Å². The monoisotopic (exact) mass is 392 g/mol. The molecule has 0 aromatic carbocycles. The fourth-order valence-electron chi connectivity index (χ4n) is 3.97.